The molecule has 0 N–H and O–H groups in total. The summed E-state index contributed by atoms with van der Waals surface area (Å²) in [6, 6.07) is 21.7. The fourth-order valence-corrected chi connectivity index (χ4v) is 2.50. The van der Waals surface area contributed by atoms with E-state index in [1.165, 1.54) is 33.0 Å². The molecule has 22 heavy (non-hydrogen) atoms. The lowest BCUT2D eigenvalue weighted by Gasteiger charge is -2.01. The molecule has 0 spiro atoms. The van der Waals surface area contributed by atoms with Crippen LogP contribution in [0.4, 0.5) is 0 Å². The molecule has 108 valence electrons. The largest absolute Gasteiger partial charge is 0.0617 e. The molecule has 3 aromatic carbocycles. The zero-order valence-corrected chi connectivity index (χ0v) is 13.1. The summed E-state index contributed by atoms with van der Waals surface area (Å²) in [6.45, 7) is 4.23. The second kappa shape index (κ2) is 6.44. The van der Waals surface area contributed by atoms with E-state index in [1.807, 2.05) is 0 Å². The van der Waals surface area contributed by atoms with Crippen LogP contribution in [0.2, 0.25) is 0 Å². The second-order valence-electron chi connectivity index (χ2n) is 5.74. The highest BCUT2D eigenvalue weighted by atomic mass is 14.0. The highest BCUT2D eigenvalue weighted by Crippen LogP contribution is 2.18. The van der Waals surface area contributed by atoms with Crippen molar-refractivity contribution in [2.45, 2.75) is 13.8 Å². The standard InChI is InChI=1S/C22H20/c1-17-7-10-19(11-8-17)5-3-4-6-20-12-14-21-15-18(2)9-13-22(21)16-20/h3-16H,1-2H3/b5-3+,6-4+. The second-order valence-corrected chi connectivity index (χ2v) is 5.74. The van der Waals surface area contributed by atoms with Gasteiger partial charge in [0.25, 0.3) is 0 Å². The predicted octanol–water partition coefficient (Wildman–Crippen LogP) is 6.18. The first-order chi connectivity index (χ1) is 10.7. The van der Waals surface area contributed by atoms with E-state index in [2.05, 4.69) is 98.8 Å². The van der Waals surface area contributed by atoms with Crippen LogP contribution in [0.5, 0.6) is 0 Å². The number of hydrogen-bond acceptors (Lipinski definition) is 0. The van der Waals surface area contributed by atoms with Crippen LogP contribution >= 0.6 is 0 Å². The van der Waals surface area contributed by atoms with Crippen LogP contribution in [0.3, 0.4) is 0 Å². The van der Waals surface area contributed by atoms with Crippen molar-refractivity contribution in [2.75, 3.05) is 0 Å². The van der Waals surface area contributed by atoms with Gasteiger partial charge >= 0.3 is 0 Å². The first-order valence-electron chi connectivity index (χ1n) is 7.62. The van der Waals surface area contributed by atoms with Crippen LogP contribution in [-0.2, 0) is 0 Å². The Morgan fingerprint density at radius 2 is 1.09 bits per heavy atom. The zero-order chi connectivity index (χ0) is 15.4. The SMILES string of the molecule is Cc1ccc(/C=C/C=C/c2ccc3cc(C)ccc3c2)cc1. The van der Waals surface area contributed by atoms with Crippen molar-refractivity contribution in [3.8, 4) is 0 Å². The maximum atomic E-state index is 2.23. The molecule has 0 aliphatic rings. The Balaban J connectivity index is 1.74. The lowest BCUT2D eigenvalue weighted by Crippen LogP contribution is -1.77. The van der Waals surface area contributed by atoms with Gasteiger partial charge in [0.2, 0.25) is 0 Å². The maximum Gasteiger partial charge on any atom is -0.0178 e. The molecule has 0 aliphatic heterocycles. The molecule has 0 aliphatic carbocycles. The van der Waals surface area contributed by atoms with E-state index >= 15 is 0 Å². The van der Waals surface area contributed by atoms with Crippen molar-refractivity contribution in [1.29, 1.82) is 0 Å². The third-order valence-corrected chi connectivity index (χ3v) is 3.79. The number of allylic oxidation sites excluding steroid dienone is 2. The minimum absolute atomic E-state index is 1.23. The Labute approximate surface area is 132 Å². The van der Waals surface area contributed by atoms with Gasteiger partial charge in [-0.2, -0.15) is 0 Å². The molecule has 0 fully saturated rings. The first kappa shape index (κ1) is 14.3. The van der Waals surface area contributed by atoms with E-state index in [0.717, 1.165) is 0 Å². The summed E-state index contributed by atoms with van der Waals surface area (Å²) in [5, 5.41) is 2.59. The molecule has 0 unspecified atom stereocenters. The minimum atomic E-state index is 1.23. The summed E-state index contributed by atoms with van der Waals surface area (Å²) in [6.07, 6.45) is 8.45. The van der Waals surface area contributed by atoms with E-state index in [-0.39, 0.29) is 0 Å². The predicted molar refractivity (Wildman–Crippen MR) is 97.9 cm³/mol. The molecule has 0 amide bonds. The van der Waals surface area contributed by atoms with Gasteiger partial charge in [0.05, 0.1) is 0 Å². The Morgan fingerprint density at radius 1 is 0.545 bits per heavy atom. The molecule has 0 saturated heterocycles. The van der Waals surface area contributed by atoms with Crippen LogP contribution < -0.4 is 0 Å². The van der Waals surface area contributed by atoms with Crippen molar-refractivity contribution in [2.24, 2.45) is 0 Å². The third-order valence-electron chi connectivity index (χ3n) is 3.79. The van der Waals surface area contributed by atoms with Crippen LogP contribution in [0.15, 0.2) is 72.8 Å². The fraction of sp³-hybridized carbons (Fsp3) is 0.0909. The number of rotatable bonds is 3. The Bertz CT molecular complexity index is 834. The highest BCUT2D eigenvalue weighted by molar-refractivity contribution is 5.85. The molecule has 0 bridgehead atoms. The molecular weight excluding hydrogens is 264 g/mol. The summed E-state index contributed by atoms with van der Waals surface area (Å²) in [5.41, 5.74) is 5.05. The molecule has 0 heterocycles. The van der Waals surface area contributed by atoms with Gasteiger partial charge in [-0.05, 0) is 41.8 Å². The summed E-state index contributed by atoms with van der Waals surface area (Å²) in [5.74, 6) is 0. The molecule has 0 radical (unpaired) electrons. The Hall–Kier alpha value is -2.60. The van der Waals surface area contributed by atoms with Gasteiger partial charge in [-0.1, -0.05) is 90.0 Å². The van der Waals surface area contributed by atoms with E-state index < -0.39 is 0 Å². The van der Waals surface area contributed by atoms with Crippen LogP contribution in [0.1, 0.15) is 22.3 Å². The van der Waals surface area contributed by atoms with Crippen molar-refractivity contribution in [3.63, 3.8) is 0 Å². The quantitative estimate of drug-likeness (QED) is 0.503. The topological polar surface area (TPSA) is 0 Å². The zero-order valence-electron chi connectivity index (χ0n) is 13.1. The normalized spacial score (nSPS) is 11.7. The molecule has 3 rings (SSSR count). The van der Waals surface area contributed by atoms with Gasteiger partial charge < -0.3 is 0 Å². The van der Waals surface area contributed by atoms with Gasteiger partial charge in [0.1, 0.15) is 0 Å². The van der Waals surface area contributed by atoms with Crippen molar-refractivity contribution in [3.05, 3.63) is 95.1 Å². The third kappa shape index (κ3) is 3.53. The van der Waals surface area contributed by atoms with Gasteiger partial charge in [-0.15, -0.1) is 0 Å². The first-order valence-corrected chi connectivity index (χ1v) is 7.62. The molecule has 0 atom stereocenters. The van der Waals surface area contributed by atoms with Crippen molar-refractivity contribution >= 4 is 22.9 Å². The van der Waals surface area contributed by atoms with Crippen molar-refractivity contribution in [1.82, 2.24) is 0 Å². The van der Waals surface area contributed by atoms with Gasteiger partial charge in [0.15, 0.2) is 0 Å². The van der Waals surface area contributed by atoms with Crippen LogP contribution in [0.25, 0.3) is 22.9 Å². The average molecular weight is 284 g/mol. The summed E-state index contributed by atoms with van der Waals surface area (Å²) in [7, 11) is 0. The monoisotopic (exact) mass is 284 g/mol. The summed E-state index contributed by atoms with van der Waals surface area (Å²) in [4.78, 5) is 0. The summed E-state index contributed by atoms with van der Waals surface area (Å²) >= 11 is 0. The molecule has 0 heteroatoms. The molecule has 3 aromatic rings. The van der Waals surface area contributed by atoms with Gasteiger partial charge in [-0.3, -0.25) is 0 Å². The van der Waals surface area contributed by atoms with Gasteiger partial charge in [0, 0.05) is 0 Å². The number of aryl methyl sites for hydroxylation is 2. The smallest absolute Gasteiger partial charge is 0.0178 e. The minimum Gasteiger partial charge on any atom is -0.0617 e. The van der Waals surface area contributed by atoms with E-state index in [4.69, 9.17) is 0 Å². The summed E-state index contributed by atoms with van der Waals surface area (Å²) < 4.78 is 0. The van der Waals surface area contributed by atoms with Crippen LogP contribution in [0, 0.1) is 13.8 Å². The van der Waals surface area contributed by atoms with E-state index in [0.29, 0.717) is 0 Å². The van der Waals surface area contributed by atoms with Gasteiger partial charge in [-0.25, -0.2) is 0 Å². The molecule has 0 nitrogen and oxygen atoms in total. The van der Waals surface area contributed by atoms with Crippen molar-refractivity contribution < 1.29 is 0 Å². The fourth-order valence-electron chi connectivity index (χ4n) is 2.50. The molecule has 0 aromatic heterocycles. The molecular formula is C22H20. The average Bonchev–Trinajstić information content (AvgIpc) is 2.53. The number of hydrogen-bond donors (Lipinski definition) is 0. The lowest BCUT2D eigenvalue weighted by atomic mass is 10.0. The maximum absolute atomic E-state index is 2.23. The van der Waals surface area contributed by atoms with Crippen LogP contribution in [-0.4, -0.2) is 0 Å². The van der Waals surface area contributed by atoms with E-state index in [1.54, 1.807) is 0 Å². The number of fused-ring (bicyclic) bond motifs is 1. The number of benzene rings is 3. The van der Waals surface area contributed by atoms with E-state index in [9.17, 15) is 0 Å². The molecule has 0 saturated carbocycles. The Morgan fingerprint density at radius 3 is 1.86 bits per heavy atom. The Kier molecular flexibility index (Phi) is 4.20. The highest BCUT2D eigenvalue weighted by Gasteiger charge is 1.94. The lowest BCUT2D eigenvalue weighted by molar-refractivity contribution is 1.46.